The Kier molecular flexibility index (Phi) is 7.62. The number of halogens is 1. The van der Waals surface area contributed by atoms with Crippen LogP contribution in [-0.4, -0.2) is 31.4 Å². The first kappa shape index (κ1) is 26.0. The number of carbonyl (C=O) groups excluding carboxylic acids is 1. The van der Waals surface area contributed by atoms with Crippen molar-refractivity contribution in [1.82, 2.24) is 15.1 Å². The zero-order chi connectivity index (χ0) is 25.3. The van der Waals surface area contributed by atoms with Crippen LogP contribution in [0.2, 0.25) is 5.15 Å². The number of aryl methyl sites for hydroxylation is 3. The van der Waals surface area contributed by atoms with E-state index in [2.05, 4.69) is 21.2 Å². The molecule has 0 aliphatic rings. The Bertz CT molecular complexity index is 1170. The molecule has 0 unspecified atom stereocenters. The lowest BCUT2D eigenvalue weighted by Crippen LogP contribution is -2.36. The van der Waals surface area contributed by atoms with Crippen molar-refractivity contribution in [1.29, 1.82) is 0 Å². The molecule has 7 nitrogen and oxygen atoms in total. The van der Waals surface area contributed by atoms with E-state index in [9.17, 15) is 4.79 Å². The van der Waals surface area contributed by atoms with Crippen molar-refractivity contribution in [2.24, 2.45) is 0 Å². The lowest BCUT2D eigenvalue weighted by Gasteiger charge is -2.29. The SMILES string of the molecule is Cc1cc(N(Cc2c(C)noc2C)c2cc(Cl)ncn2)ccc1SC(C)(C)C(=O)OC(C)(C)C. The number of hydrogen-bond acceptors (Lipinski definition) is 8. The molecule has 0 aliphatic heterocycles. The van der Waals surface area contributed by atoms with Crippen LogP contribution in [0.1, 0.15) is 57.2 Å². The van der Waals surface area contributed by atoms with Gasteiger partial charge in [0.05, 0.1) is 12.2 Å². The molecule has 0 radical (unpaired) electrons. The van der Waals surface area contributed by atoms with E-state index < -0.39 is 10.3 Å². The normalized spacial score (nSPS) is 12.0. The number of rotatable bonds is 7. The number of hydrogen-bond donors (Lipinski definition) is 0. The molecule has 1 aromatic carbocycles. The summed E-state index contributed by atoms with van der Waals surface area (Å²) >= 11 is 7.65. The fourth-order valence-corrected chi connectivity index (χ4v) is 4.47. The molecular weight excluding hydrogens is 472 g/mol. The Balaban J connectivity index is 1.94. The van der Waals surface area contributed by atoms with Crippen molar-refractivity contribution >= 4 is 40.8 Å². The van der Waals surface area contributed by atoms with Crippen molar-refractivity contribution in [3.05, 3.63) is 58.3 Å². The van der Waals surface area contributed by atoms with Crippen molar-refractivity contribution in [3.63, 3.8) is 0 Å². The largest absolute Gasteiger partial charge is 0.459 e. The molecule has 0 fully saturated rings. The molecule has 0 atom stereocenters. The molecule has 2 aromatic heterocycles. The maximum absolute atomic E-state index is 12.7. The predicted octanol–water partition coefficient (Wildman–Crippen LogP) is 6.59. The molecule has 0 aliphatic carbocycles. The van der Waals surface area contributed by atoms with Crippen LogP contribution in [0.25, 0.3) is 0 Å². The minimum Gasteiger partial charge on any atom is -0.459 e. The third kappa shape index (κ3) is 6.30. The van der Waals surface area contributed by atoms with E-state index in [1.54, 1.807) is 6.07 Å². The van der Waals surface area contributed by atoms with Gasteiger partial charge >= 0.3 is 5.97 Å². The highest BCUT2D eigenvalue weighted by molar-refractivity contribution is 8.01. The van der Waals surface area contributed by atoms with Crippen LogP contribution in [0, 0.1) is 20.8 Å². The number of thioether (sulfide) groups is 1. The Hall–Kier alpha value is -2.58. The number of aromatic nitrogens is 3. The standard InChI is InChI=1S/C25H31ClN4O3S/c1-15-11-18(9-10-20(15)34-25(7,8)23(31)32-24(4,5)6)30(22-12-21(26)27-14-28-22)13-19-16(2)29-33-17(19)3/h9-12,14H,13H2,1-8H3. The predicted molar refractivity (Wildman–Crippen MR) is 136 cm³/mol. The molecule has 9 heteroatoms. The fraction of sp³-hybridized carbons (Fsp3) is 0.440. The number of anilines is 2. The van der Waals surface area contributed by atoms with E-state index in [0.717, 1.165) is 33.2 Å². The first-order valence-corrected chi connectivity index (χ1v) is 12.2. The highest BCUT2D eigenvalue weighted by Crippen LogP contribution is 2.39. The number of benzene rings is 1. The van der Waals surface area contributed by atoms with Crippen LogP contribution in [-0.2, 0) is 16.1 Å². The second-order valence-corrected chi connectivity index (χ2v) is 11.7. The Morgan fingerprint density at radius 2 is 1.82 bits per heavy atom. The quantitative estimate of drug-likeness (QED) is 0.203. The van der Waals surface area contributed by atoms with Crippen molar-refractivity contribution < 1.29 is 14.1 Å². The highest BCUT2D eigenvalue weighted by atomic mass is 35.5. The van der Waals surface area contributed by atoms with Gasteiger partial charge in [0, 0.05) is 22.2 Å². The molecule has 0 spiro atoms. The molecule has 0 saturated carbocycles. The molecule has 0 saturated heterocycles. The van der Waals surface area contributed by atoms with Crippen molar-refractivity contribution in [2.75, 3.05) is 4.90 Å². The van der Waals surface area contributed by atoms with Crippen LogP contribution in [0.4, 0.5) is 11.5 Å². The molecule has 182 valence electrons. The molecule has 3 rings (SSSR count). The van der Waals surface area contributed by atoms with Crippen LogP contribution < -0.4 is 4.90 Å². The molecule has 2 heterocycles. The number of esters is 1. The van der Waals surface area contributed by atoms with Gasteiger partial charge in [0.2, 0.25) is 0 Å². The van der Waals surface area contributed by atoms with E-state index in [1.165, 1.54) is 18.1 Å². The van der Waals surface area contributed by atoms with Gasteiger partial charge in [-0.1, -0.05) is 16.8 Å². The van der Waals surface area contributed by atoms with Crippen LogP contribution in [0.3, 0.4) is 0 Å². The summed E-state index contributed by atoms with van der Waals surface area (Å²) in [5.41, 5.74) is 3.23. The highest BCUT2D eigenvalue weighted by Gasteiger charge is 2.34. The second kappa shape index (κ2) is 9.96. The summed E-state index contributed by atoms with van der Waals surface area (Å²) in [7, 11) is 0. The minimum atomic E-state index is -0.740. The van der Waals surface area contributed by atoms with Crippen molar-refractivity contribution in [2.45, 2.75) is 77.2 Å². The zero-order valence-corrected chi connectivity index (χ0v) is 22.5. The van der Waals surface area contributed by atoms with Gasteiger partial charge in [0.25, 0.3) is 0 Å². The van der Waals surface area contributed by atoms with E-state index in [1.807, 2.05) is 72.4 Å². The van der Waals surface area contributed by atoms with E-state index in [4.69, 9.17) is 20.9 Å². The maximum atomic E-state index is 12.7. The summed E-state index contributed by atoms with van der Waals surface area (Å²) in [4.78, 5) is 24.2. The van der Waals surface area contributed by atoms with E-state index in [0.29, 0.717) is 17.5 Å². The van der Waals surface area contributed by atoms with Gasteiger partial charge in [-0.3, -0.25) is 4.79 Å². The molecule has 3 aromatic rings. The van der Waals surface area contributed by atoms with Gasteiger partial charge in [-0.25, -0.2) is 9.97 Å². The first-order valence-electron chi connectivity index (χ1n) is 11.0. The van der Waals surface area contributed by atoms with Gasteiger partial charge in [-0.2, -0.15) is 0 Å². The van der Waals surface area contributed by atoms with Gasteiger partial charge in [0.15, 0.2) is 0 Å². The average molecular weight is 503 g/mol. The van der Waals surface area contributed by atoms with E-state index in [-0.39, 0.29) is 5.97 Å². The molecule has 0 N–H and O–H groups in total. The number of carbonyl (C=O) groups is 1. The number of ether oxygens (including phenoxy) is 1. The summed E-state index contributed by atoms with van der Waals surface area (Å²) in [6, 6.07) is 7.82. The molecule has 34 heavy (non-hydrogen) atoms. The minimum absolute atomic E-state index is 0.246. The van der Waals surface area contributed by atoms with Gasteiger partial charge in [-0.15, -0.1) is 11.8 Å². The first-order chi connectivity index (χ1) is 15.8. The summed E-state index contributed by atoms with van der Waals surface area (Å²) in [5, 5.41) is 4.44. The smallest absolute Gasteiger partial charge is 0.322 e. The van der Waals surface area contributed by atoms with Crippen molar-refractivity contribution in [3.8, 4) is 0 Å². The third-order valence-corrected chi connectivity index (χ3v) is 6.68. The summed E-state index contributed by atoms with van der Waals surface area (Å²) in [5.74, 6) is 1.17. The lowest BCUT2D eigenvalue weighted by molar-refractivity contribution is -0.156. The van der Waals surface area contributed by atoms with Crippen LogP contribution in [0.5, 0.6) is 0 Å². The maximum Gasteiger partial charge on any atom is 0.322 e. The topological polar surface area (TPSA) is 81.4 Å². The lowest BCUT2D eigenvalue weighted by atomic mass is 10.1. The molecule has 0 amide bonds. The van der Waals surface area contributed by atoms with Crippen LogP contribution >= 0.6 is 23.4 Å². The third-order valence-electron chi connectivity index (χ3n) is 5.12. The van der Waals surface area contributed by atoms with Gasteiger partial charge < -0.3 is 14.2 Å². The Labute approximate surface area is 210 Å². The molecule has 0 bridgehead atoms. The summed E-state index contributed by atoms with van der Waals surface area (Å²) in [6.07, 6.45) is 1.44. The number of nitrogens with zero attached hydrogens (tertiary/aromatic N) is 4. The average Bonchev–Trinajstić information content (AvgIpc) is 3.04. The monoisotopic (exact) mass is 502 g/mol. The summed E-state index contributed by atoms with van der Waals surface area (Å²) in [6.45, 7) is 15.7. The molecular formula is C25H31ClN4O3S. The van der Waals surface area contributed by atoms with Gasteiger partial charge in [0.1, 0.15) is 33.4 Å². The summed E-state index contributed by atoms with van der Waals surface area (Å²) < 4.78 is 10.2. The second-order valence-electron chi connectivity index (χ2n) is 9.65. The fourth-order valence-electron chi connectivity index (χ4n) is 3.30. The Morgan fingerprint density at radius 3 is 2.38 bits per heavy atom. The zero-order valence-electron chi connectivity index (χ0n) is 20.9. The van der Waals surface area contributed by atoms with Crippen LogP contribution in [0.15, 0.2) is 40.0 Å². The Morgan fingerprint density at radius 1 is 1.12 bits per heavy atom. The van der Waals surface area contributed by atoms with Gasteiger partial charge in [-0.05, 0) is 79.2 Å². The van der Waals surface area contributed by atoms with E-state index >= 15 is 0 Å².